The summed E-state index contributed by atoms with van der Waals surface area (Å²) in [5.74, 6) is 0.106. The molecule has 7 heteroatoms. The average Bonchev–Trinajstić information content (AvgIpc) is 2.95. The second-order valence-corrected chi connectivity index (χ2v) is 5.28. The van der Waals surface area contributed by atoms with Gasteiger partial charge in [-0.15, -0.1) is 11.3 Å². The normalized spacial score (nSPS) is 10.1. The van der Waals surface area contributed by atoms with Gasteiger partial charge in [0.1, 0.15) is 17.4 Å². The predicted molar refractivity (Wildman–Crippen MR) is 83.1 cm³/mol. The number of ether oxygens (including phenoxy) is 2. The molecule has 0 saturated carbocycles. The lowest BCUT2D eigenvalue weighted by Gasteiger charge is -2.06. The third-order valence-electron chi connectivity index (χ3n) is 2.57. The van der Waals surface area contributed by atoms with Crippen molar-refractivity contribution >= 4 is 28.9 Å². The summed E-state index contributed by atoms with van der Waals surface area (Å²) < 4.78 is 10.5. The summed E-state index contributed by atoms with van der Waals surface area (Å²) in [6.07, 6.45) is 0. The number of amides is 1. The summed E-state index contributed by atoms with van der Waals surface area (Å²) in [7, 11) is 0. The number of thiazole rings is 1. The Morgan fingerprint density at radius 3 is 2.64 bits per heavy atom. The molecule has 0 aliphatic carbocycles. The largest absolute Gasteiger partial charge is 0.486 e. The van der Waals surface area contributed by atoms with Gasteiger partial charge in [0.2, 0.25) is 5.91 Å². The fraction of sp³-hybridized carbons (Fsp3) is 0.267. The summed E-state index contributed by atoms with van der Waals surface area (Å²) in [4.78, 5) is 26.6. The van der Waals surface area contributed by atoms with Crippen LogP contribution in [0, 0.1) is 0 Å². The number of nitrogens with zero attached hydrogens (tertiary/aromatic N) is 1. The zero-order chi connectivity index (χ0) is 15.9. The highest BCUT2D eigenvalue weighted by molar-refractivity contribution is 7.09. The monoisotopic (exact) mass is 320 g/mol. The van der Waals surface area contributed by atoms with Gasteiger partial charge in [-0.05, 0) is 31.2 Å². The molecule has 0 aliphatic heterocycles. The van der Waals surface area contributed by atoms with Gasteiger partial charge in [-0.3, -0.25) is 4.79 Å². The minimum atomic E-state index is -0.426. The van der Waals surface area contributed by atoms with Gasteiger partial charge in [-0.25, -0.2) is 9.78 Å². The molecular formula is C15H16N2O4S. The first kappa shape index (κ1) is 16.0. The second-order valence-electron chi connectivity index (χ2n) is 4.34. The molecule has 1 amide bonds. The van der Waals surface area contributed by atoms with Crippen molar-refractivity contribution in [2.24, 2.45) is 0 Å². The van der Waals surface area contributed by atoms with Crippen LogP contribution < -0.4 is 10.1 Å². The van der Waals surface area contributed by atoms with Crippen LogP contribution in [0.25, 0.3) is 0 Å². The number of hydrogen-bond donors (Lipinski definition) is 1. The maximum Gasteiger partial charge on any atom is 0.357 e. The van der Waals surface area contributed by atoms with E-state index in [4.69, 9.17) is 9.47 Å². The lowest BCUT2D eigenvalue weighted by molar-refractivity contribution is -0.114. The third-order valence-corrected chi connectivity index (χ3v) is 3.40. The van der Waals surface area contributed by atoms with Gasteiger partial charge in [0.25, 0.3) is 0 Å². The smallest absolute Gasteiger partial charge is 0.357 e. The molecule has 2 rings (SSSR count). The van der Waals surface area contributed by atoms with E-state index < -0.39 is 5.97 Å². The van der Waals surface area contributed by atoms with Crippen molar-refractivity contribution in [2.45, 2.75) is 20.5 Å². The van der Waals surface area contributed by atoms with Crippen LogP contribution >= 0.6 is 11.3 Å². The molecule has 0 radical (unpaired) electrons. The van der Waals surface area contributed by atoms with E-state index in [1.54, 1.807) is 36.6 Å². The van der Waals surface area contributed by atoms with Crippen molar-refractivity contribution < 1.29 is 19.1 Å². The number of carbonyl (C=O) groups is 2. The molecule has 6 nitrogen and oxygen atoms in total. The Balaban J connectivity index is 1.90. The van der Waals surface area contributed by atoms with Crippen LogP contribution in [0.1, 0.15) is 29.3 Å². The number of aromatic nitrogens is 1. The highest BCUT2D eigenvalue weighted by Crippen LogP contribution is 2.18. The van der Waals surface area contributed by atoms with Crippen LogP contribution in [0.3, 0.4) is 0 Å². The molecule has 0 saturated heterocycles. The van der Waals surface area contributed by atoms with Gasteiger partial charge in [-0.2, -0.15) is 0 Å². The number of benzene rings is 1. The molecule has 22 heavy (non-hydrogen) atoms. The lowest BCUT2D eigenvalue weighted by Crippen LogP contribution is -2.06. The fourth-order valence-electron chi connectivity index (χ4n) is 1.66. The zero-order valence-corrected chi connectivity index (χ0v) is 13.1. The van der Waals surface area contributed by atoms with Crippen molar-refractivity contribution in [1.82, 2.24) is 4.98 Å². The van der Waals surface area contributed by atoms with E-state index >= 15 is 0 Å². The molecule has 1 N–H and O–H groups in total. The van der Waals surface area contributed by atoms with Gasteiger partial charge >= 0.3 is 5.97 Å². The van der Waals surface area contributed by atoms with Gasteiger partial charge in [0.15, 0.2) is 5.69 Å². The minimum Gasteiger partial charge on any atom is -0.486 e. The standard InChI is InChI=1S/C15H16N2O4S/c1-3-20-15(19)13-9-22-14(17-13)8-21-12-6-4-11(5-7-12)16-10(2)18/h4-7,9H,3,8H2,1-2H3,(H,16,18). The van der Waals surface area contributed by atoms with Crippen LogP contribution in [-0.2, 0) is 16.1 Å². The topological polar surface area (TPSA) is 77.5 Å². The third kappa shape index (κ3) is 4.56. The molecule has 1 heterocycles. The van der Waals surface area contributed by atoms with E-state index in [-0.39, 0.29) is 12.5 Å². The molecule has 0 atom stereocenters. The summed E-state index contributed by atoms with van der Waals surface area (Å²) in [5, 5.41) is 5.02. The first-order valence-corrected chi connectivity index (χ1v) is 7.58. The first-order chi connectivity index (χ1) is 10.6. The number of carbonyl (C=O) groups excluding carboxylic acids is 2. The Morgan fingerprint density at radius 2 is 2.00 bits per heavy atom. The summed E-state index contributed by atoms with van der Waals surface area (Å²) in [5.41, 5.74) is 1.00. The van der Waals surface area contributed by atoms with Crippen LogP contribution in [0.5, 0.6) is 5.75 Å². The number of hydrogen-bond acceptors (Lipinski definition) is 6. The molecule has 0 unspecified atom stereocenters. The molecule has 1 aromatic heterocycles. The first-order valence-electron chi connectivity index (χ1n) is 6.70. The molecule has 2 aromatic rings. The highest BCUT2D eigenvalue weighted by atomic mass is 32.1. The minimum absolute atomic E-state index is 0.122. The second kappa shape index (κ2) is 7.56. The maximum absolute atomic E-state index is 11.5. The van der Waals surface area contributed by atoms with Gasteiger partial charge in [-0.1, -0.05) is 0 Å². The van der Waals surface area contributed by atoms with E-state index in [2.05, 4.69) is 10.3 Å². The fourth-order valence-corrected chi connectivity index (χ4v) is 2.33. The van der Waals surface area contributed by atoms with E-state index in [1.807, 2.05) is 0 Å². The van der Waals surface area contributed by atoms with Crippen molar-refractivity contribution in [3.8, 4) is 5.75 Å². The Hall–Kier alpha value is -2.41. The lowest BCUT2D eigenvalue weighted by atomic mass is 10.3. The molecule has 0 fully saturated rings. The van der Waals surface area contributed by atoms with Crippen LogP contribution in [0.2, 0.25) is 0 Å². The highest BCUT2D eigenvalue weighted by Gasteiger charge is 2.11. The number of esters is 1. The maximum atomic E-state index is 11.5. The van der Waals surface area contributed by atoms with Crippen molar-refractivity contribution in [2.75, 3.05) is 11.9 Å². The SMILES string of the molecule is CCOC(=O)c1csc(COc2ccc(NC(C)=O)cc2)n1. The van der Waals surface area contributed by atoms with Crippen molar-refractivity contribution in [3.63, 3.8) is 0 Å². The number of nitrogens with one attached hydrogen (secondary N) is 1. The molecule has 116 valence electrons. The van der Waals surface area contributed by atoms with Gasteiger partial charge < -0.3 is 14.8 Å². The van der Waals surface area contributed by atoms with Gasteiger partial charge in [0, 0.05) is 18.0 Å². The van der Waals surface area contributed by atoms with E-state index in [0.29, 0.717) is 28.7 Å². The summed E-state index contributed by atoms with van der Waals surface area (Å²) >= 11 is 1.34. The van der Waals surface area contributed by atoms with Crippen LogP contribution in [0.15, 0.2) is 29.6 Å². The van der Waals surface area contributed by atoms with E-state index in [1.165, 1.54) is 18.3 Å². The molecular weight excluding hydrogens is 304 g/mol. The van der Waals surface area contributed by atoms with E-state index in [0.717, 1.165) is 0 Å². The van der Waals surface area contributed by atoms with Gasteiger partial charge in [0.05, 0.1) is 6.61 Å². The Morgan fingerprint density at radius 1 is 1.27 bits per heavy atom. The van der Waals surface area contributed by atoms with Crippen LogP contribution in [0.4, 0.5) is 5.69 Å². The molecule has 0 aliphatic rings. The van der Waals surface area contributed by atoms with E-state index in [9.17, 15) is 9.59 Å². The zero-order valence-electron chi connectivity index (χ0n) is 12.3. The number of rotatable bonds is 6. The van der Waals surface area contributed by atoms with Crippen LogP contribution in [-0.4, -0.2) is 23.5 Å². The number of anilines is 1. The predicted octanol–water partition coefficient (Wildman–Crippen LogP) is 2.86. The Bertz CT molecular complexity index is 652. The molecule has 0 bridgehead atoms. The van der Waals surface area contributed by atoms with Crippen molar-refractivity contribution in [1.29, 1.82) is 0 Å². The molecule has 1 aromatic carbocycles. The van der Waals surface area contributed by atoms with Crippen molar-refractivity contribution in [3.05, 3.63) is 40.3 Å². The summed E-state index contributed by atoms with van der Waals surface area (Å²) in [6.45, 7) is 3.79. The Kier molecular flexibility index (Phi) is 5.48. The Labute approximate surface area is 132 Å². The molecule has 0 spiro atoms. The summed E-state index contributed by atoms with van der Waals surface area (Å²) in [6, 6.07) is 7.02. The quantitative estimate of drug-likeness (QED) is 0.828. The average molecular weight is 320 g/mol.